The van der Waals surface area contributed by atoms with Gasteiger partial charge in [0, 0.05) is 15.0 Å². The summed E-state index contributed by atoms with van der Waals surface area (Å²) in [6.45, 7) is 8.19. The quantitative estimate of drug-likeness (QED) is 0.728. The number of hydrogen-bond donors (Lipinski definition) is 1. The lowest BCUT2D eigenvalue weighted by Crippen LogP contribution is -1.87. The Morgan fingerprint density at radius 2 is 2.10 bits per heavy atom. The van der Waals surface area contributed by atoms with Crippen LogP contribution in [0.15, 0.2) is 49.2 Å². The van der Waals surface area contributed by atoms with Crippen molar-refractivity contribution in [1.82, 2.24) is 0 Å². The third-order valence-electron chi connectivity index (χ3n) is 3.46. The average molecular weight is 295 g/mol. The molecule has 108 valence electrons. The molecule has 2 N–H and O–H groups in total. The normalized spacial score (nSPS) is 12.3. The first-order valence-electron chi connectivity index (χ1n) is 7.06. The van der Waals surface area contributed by atoms with Crippen molar-refractivity contribution in [3.05, 3.63) is 70.8 Å². The van der Waals surface area contributed by atoms with Gasteiger partial charge in [-0.05, 0) is 55.3 Å². The fourth-order valence-corrected chi connectivity index (χ4v) is 3.80. The Kier molecular flexibility index (Phi) is 5.18. The molecule has 0 amide bonds. The summed E-state index contributed by atoms with van der Waals surface area (Å²) < 4.78 is 1.36. The molecule has 0 unspecified atom stereocenters. The smallest absolute Gasteiger partial charge is 0.0393 e. The van der Waals surface area contributed by atoms with Crippen molar-refractivity contribution in [3.8, 4) is 0 Å². The first kappa shape index (κ1) is 15.3. The average Bonchev–Trinajstić information content (AvgIpc) is 2.83. The van der Waals surface area contributed by atoms with Gasteiger partial charge in [0.1, 0.15) is 0 Å². The van der Waals surface area contributed by atoms with Crippen LogP contribution in [0.25, 0.3) is 22.2 Å². The maximum absolute atomic E-state index is 5.35. The summed E-state index contributed by atoms with van der Waals surface area (Å²) in [7, 11) is 0. The van der Waals surface area contributed by atoms with Crippen molar-refractivity contribution >= 4 is 33.6 Å². The Labute approximate surface area is 130 Å². The molecule has 0 radical (unpaired) electrons. The van der Waals surface area contributed by atoms with Gasteiger partial charge >= 0.3 is 0 Å². The van der Waals surface area contributed by atoms with Crippen LogP contribution in [0.3, 0.4) is 0 Å². The van der Waals surface area contributed by atoms with E-state index in [0.717, 1.165) is 6.42 Å². The summed E-state index contributed by atoms with van der Waals surface area (Å²) in [6, 6.07) is 4.40. The zero-order valence-corrected chi connectivity index (χ0v) is 13.4. The van der Waals surface area contributed by atoms with Crippen molar-refractivity contribution < 1.29 is 0 Å². The van der Waals surface area contributed by atoms with E-state index in [1.165, 1.54) is 31.7 Å². The van der Waals surface area contributed by atoms with E-state index >= 15 is 0 Å². The first-order chi connectivity index (χ1) is 10.2. The number of aryl methyl sites for hydroxylation is 1. The fraction of sp³-hybridized carbons (Fsp3) is 0.158. The minimum atomic E-state index is 0.917. The molecule has 2 heteroatoms. The van der Waals surface area contributed by atoms with Gasteiger partial charge in [0.05, 0.1) is 0 Å². The number of nitrogens with two attached hydrogens (primary N) is 1. The number of fused-ring (bicyclic) bond motifs is 1. The van der Waals surface area contributed by atoms with E-state index in [0.29, 0.717) is 0 Å². The van der Waals surface area contributed by atoms with Crippen LogP contribution in [0.4, 0.5) is 0 Å². The third kappa shape index (κ3) is 3.17. The number of benzene rings is 1. The van der Waals surface area contributed by atoms with Crippen molar-refractivity contribution in [3.63, 3.8) is 0 Å². The van der Waals surface area contributed by atoms with Crippen LogP contribution in [0.2, 0.25) is 0 Å². The molecule has 1 heterocycles. The van der Waals surface area contributed by atoms with Crippen molar-refractivity contribution in [2.24, 2.45) is 5.73 Å². The molecule has 0 bridgehead atoms. The van der Waals surface area contributed by atoms with Gasteiger partial charge in [0.15, 0.2) is 0 Å². The van der Waals surface area contributed by atoms with E-state index in [9.17, 15) is 0 Å². The molecule has 2 rings (SSSR count). The molecule has 21 heavy (non-hydrogen) atoms. The second kappa shape index (κ2) is 7.09. The van der Waals surface area contributed by atoms with Crippen LogP contribution < -0.4 is 5.73 Å². The van der Waals surface area contributed by atoms with Gasteiger partial charge in [-0.3, -0.25) is 0 Å². The Morgan fingerprint density at radius 3 is 2.76 bits per heavy atom. The second-order valence-electron chi connectivity index (χ2n) is 4.84. The molecule has 1 aromatic carbocycles. The summed E-state index contributed by atoms with van der Waals surface area (Å²) >= 11 is 1.84. The molecule has 0 saturated carbocycles. The topological polar surface area (TPSA) is 26.0 Å². The Morgan fingerprint density at radius 1 is 1.29 bits per heavy atom. The van der Waals surface area contributed by atoms with Crippen LogP contribution in [0.5, 0.6) is 0 Å². The molecule has 0 aliphatic rings. The predicted octanol–water partition coefficient (Wildman–Crippen LogP) is 5.46. The molecular formula is C19H21NS. The standard InChI is InChI=1S/C19H21NS/c1-4-9-18-15(5-2)17-12-11-14(3)16(19(17)21-18)10-7-6-8-13-20/h4-9,11-13H,2,10,20H2,1,3H3/b7-6-,9-4-,13-8-. The van der Waals surface area contributed by atoms with Crippen molar-refractivity contribution in [1.29, 1.82) is 0 Å². The molecule has 0 spiro atoms. The lowest BCUT2D eigenvalue weighted by atomic mass is 10.0. The third-order valence-corrected chi connectivity index (χ3v) is 4.71. The molecule has 0 aliphatic carbocycles. The molecule has 1 nitrogen and oxygen atoms in total. The number of hydrogen-bond acceptors (Lipinski definition) is 2. The van der Waals surface area contributed by atoms with Crippen molar-refractivity contribution in [2.45, 2.75) is 20.3 Å². The molecule has 0 atom stereocenters. The SMILES string of the molecule is C=Cc1c(/C=C\C)sc2c(C/C=C\C=C/N)c(C)ccc12. The fourth-order valence-electron chi connectivity index (χ4n) is 2.42. The largest absolute Gasteiger partial charge is 0.405 e. The van der Waals surface area contributed by atoms with Gasteiger partial charge in [0.25, 0.3) is 0 Å². The van der Waals surface area contributed by atoms with Gasteiger partial charge in [0.2, 0.25) is 0 Å². The minimum absolute atomic E-state index is 0.917. The van der Waals surface area contributed by atoms with Crippen LogP contribution in [-0.2, 0) is 6.42 Å². The number of thiophene rings is 1. The van der Waals surface area contributed by atoms with E-state index in [-0.39, 0.29) is 0 Å². The molecule has 2 aromatic rings. The summed E-state index contributed by atoms with van der Waals surface area (Å²) in [6.07, 6.45) is 14.7. The van der Waals surface area contributed by atoms with Gasteiger partial charge in [-0.15, -0.1) is 11.3 Å². The molecular weight excluding hydrogens is 274 g/mol. The Bertz CT molecular complexity index is 730. The van der Waals surface area contributed by atoms with Gasteiger partial charge in [-0.2, -0.15) is 0 Å². The van der Waals surface area contributed by atoms with Gasteiger partial charge in [-0.1, -0.05) is 43.0 Å². The number of rotatable bonds is 5. The molecule has 0 aliphatic heterocycles. The Balaban J connectivity index is 2.58. The molecule has 1 aromatic heterocycles. The summed E-state index contributed by atoms with van der Waals surface area (Å²) in [5.74, 6) is 0. The van der Waals surface area contributed by atoms with Crippen molar-refractivity contribution in [2.75, 3.05) is 0 Å². The van der Waals surface area contributed by atoms with E-state index in [2.05, 4.69) is 43.9 Å². The van der Waals surface area contributed by atoms with E-state index in [1.807, 2.05) is 36.5 Å². The minimum Gasteiger partial charge on any atom is -0.405 e. The van der Waals surface area contributed by atoms with Crippen LogP contribution >= 0.6 is 11.3 Å². The zero-order chi connectivity index (χ0) is 15.2. The highest BCUT2D eigenvalue weighted by Crippen LogP contribution is 2.37. The number of allylic oxidation sites excluding steroid dienone is 4. The second-order valence-corrected chi connectivity index (χ2v) is 5.89. The predicted molar refractivity (Wildman–Crippen MR) is 97.5 cm³/mol. The molecule has 0 fully saturated rings. The lowest BCUT2D eigenvalue weighted by molar-refractivity contribution is 1.25. The summed E-state index contributed by atoms with van der Waals surface area (Å²) in [5, 5.41) is 1.30. The summed E-state index contributed by atoms with van der Waals surface area (Å²) in [4.78, 5) is 1.28. The monoisotopic (exact) mass is 295 g/mol. The first-order valence-corrected chi connectivity index (χ1v) is 7.88. The summed E-state index contributed by atoms with van der Waals surface area (Å²) in [5.41, 5.74) is 9.30. The van der Waals surface area contributed by atoms with Crippen LogP contribution in [-0.4, -0.2) is 0 Å². The molecule has 0 saturated heterocycles. The van der Waals surface area contributed by atoms with E-state index in [1.54, 1.807) is 6.20 Å². The van der Waals surface area contributed by atoms with Gasteiger partial charge < -0.3 is 5.73 Å². The lowest BCUT2D eigenvalue weighted by Gasteiger charge is -2.05. The Hall–Kier alpha value is -2.06. The highest BCUT2D eigenvalue weighted by Gasteiger charge is 2.12. The maximum atomic E-state index is 5.35. The highest BCUT2D eigenvalue weighted by atomic mass is 32.1. The van der Waals surface area contributed by atoms with Gasteiger partial charge in [-0.25, -0.2) is 0 Å². The maximum Gasteiger partial charge on any atom is 0.0393 e. The van der Waals surface area contributed by atoms with Crippen LogP contribution in [0, 0.1) is 6.92 Å². The highest BCUT2D eigenvalue weighted by molar-refractivity contribution is 7.20. The van der Waals surface area contributed by atoms with E-state index in [4.69, 9.17) is 5.73 Å². The van der Waals surface area contributed by atoms with Crippen LogP contribution in [0.1, 0.15) is 28.5 Å². The van der Waals surface area contributed by atoms with E-state index < -0.39 is 0 Å². The zero-order valence-electron chi connectivity index (χ0n) is 12.6.